The summed E-state index contributed by atoms with van der Waals surface area (Å²) < 4.78 is 0. The molecule has 2 rings (SSSR count). The van der Waals surface area contributed by atoms with Gasteiger partial charge in [0.05, 0.1) is 0 Å². The topological polar surface area (TPSA) is 119 Å². The highest BCUT2D eigenvalue weighted by atomic mass is 16.4. The maximum absolute atomic E-state index is 12.0. The molecule has 0 fully saturated rings. The molecule has 0 aliphatic heterocycles. The number of anilines is 1. The lowest BCUT2D eigenvalue weighted by molar-refractivity contribution is -0.153. The first-order valence-corrected chi connectivity index (χ1v) is 7.26. The third-order valence-corrected chi connectivity index (χ3v) is 3.55. The molecule has 0 aliphatic rings. The zero-order valence-electron chi connectivity index (χ0n) is 12.6. The fraction of sp³-hybridized carbons (Fsp3) is 0.312. The number of Topliss-reactive ketones (excluding diaryl/α,β-unsaturated/α-hetero) is 1. The largest absolute Gasteiger partial charge is 0.481 e. The number of ketones is 1. The number of carboxylic acids is 2. The molecule has 0 amide bonds. The molecule has 7 heteroatoms. The minimum atomic E-state index is -1.64. The maximum atomic E-state index is 12.0. The molecule has 2 atom stereocenters. The molecule has 1 aromatic heterocycles. The van der Waals surface area contributed by atoms with Gasteiger partial charge in [0.15, 0.2) is 0 Å². The number of aromatic amines is 1. The lowest BCUT2D eigenvalue weighted by atomic mass is 9.92. The molecule has 0 saturated heterocycles. The van der Waals surface area contributed by atoms with E-state index in [9.17, 15) is 24.6 Å². The molecule has 23 heavy (non-hydrogen) atoms. The van der Waals surface area contributed by atoms with Gasteiger partial charge in [0.2, 0.25) is 0 Å². The molecular formula is C16H18N2O5. The Hall–Kier alpha value is -2.83. The molecule has 7 nitrogen and oxygen atoms in total. The molecular weight excluding hydrogens is 300 g/mol. The van der Waals surface area contributed by atoms with Crippen LogP contribution in [0, 0.1) is 5.92 Å². The van der Waals surface area contributed by atoms with E-state index in [1.54, 1.807) is 13.0 Å². The van der Waals surface area contributed by atoms with E-state index in [2.05, 4.69) is 10.3 Å². The van der Waals surface area contributed by atoms with E-state index in [0.29, 0.717) is 12.2 Å². The van der Waals surface area contributed by atoms with Crippen molar-refractivity contribution < 1.29 is 24.6 Å². The van der Waals surface area contributed by atoms with Gasteiger partial charge in [-0.3, -0.25) is 9.59 Å². The smallest absolute Gasteiger partial charge is 0.327 e. The number of aliphatic carboxylic acids is 2. The van der Waals surface area contributed by atoms with Gasteiger partial charge in [-0.1, -0.05) is 25.1 Å². The minimum Gasteiger partial charge on any atom is -0.481 e. The summed E-state index contributed by atoms with van der Waals surface area (Å²) in [6.07, 6.45) is 0.483. The molecule has 0 aliphatic carbocycles. The first-order valence-electron chi connectivity index (χ1n) is 7.26. The van der Waals surface area contributed by atoms with Gasteiger partial charge in [-0.15, -0.1) is 0 Å². The summed E-state index contributed by atoms with van der Waals surface area (Å²) in [5, 5.41) is 22.1. The van der Waals surface area contributed by atoms with Gasteiger partial charge in [-0.25, -0.2) is 4.79 Å². The number of hydrogen-bond acceptors (Lipinski definition) is 4. The van der Waals surface area contributed by atoms with Crippen molar-refractivity contribution in [3.05, 3.63) is 30.3 Å². The number of rotatable bonds is 8. The highest BCUT2D eigenvalue weighted by Gasteiger charge is 2.39. The van der Waals surface area contributed by atoms with Gasteiger partial charge >= 0.3 is 11.9 Å². The quantitative estimate of drug-likeness (QED) is 0.553. The zero-order valence-corrected chi connectivity index (χ0v) is 12.6. The number of carbonyl (C=O) groups is 3. The predicted molar refractivity (Wildman–Crippen MR) is 84.4 cm³/mol. The lowest BCUT2D eigenvalue weighted by Gasteiger charge is -2.20. The van der Waals surface area contributed by atoms with E-state index in [0.717, 1.165) is 10.9 Å². The number of fused-ring (bicyclic) bond motifs is 1. The Kier molecular flexibility index (Phi) is 5.00. The van der Waals surface area contributed by atoms with Crippen LogP contribution in [0.2, 0.25) is 0 Å². The Bertz CT molecular complexity index is 704. The van der Waals surface area contributed by atoms with Crippen LogP contribution < -0.4 is 5.32 Å². The number of hydrogen-bond donors (Lipinski definition) is 4. The van der Waals surface area contributed by atoms with E-state index >= 15 is 0 Å². The zero-order chi connectivity index (χ0) is 17.0. The molecule has 2 aromatic rings. The van der Waals surface area contributed by atoms with E-state index in [1.165, 1.54) is 0 Å². The van der Waals surface area contributed by atoms with Crippen LogP contribution in [0.1, 0.15) is 19.8 Å². The Balaban J connectivity index is 2.31. The number of carbonyl (C=O) groups excluding carboxylic acids is 1. The number of para-hydroxylation sites is 1. The van der Waals surface area contributed by atoms with Crippen molar-refractivity contribution in [1.82, 2.24) is 4.98 Å². The van der Waals surface area contributed by atoms with Crippen LogP contribution >= 0.6 is 0 Å². The second kappa shape index (κ2) is 6.95. The Morgan fingerprint density at radius 2 is 1.87 bits per heavy atom. The van der Waals surface area contributed by atoms with Crippen LogP contribution in [-0.4, -0.2) is 39.0 Å². The first-order chi connectivity index (χ1) is 10.9. The molecule has 0 bridgehead atoms. The van der Waals surface area contributed by atoms with Crippen molar-refractivity contribution in [2.45, 2.75) is 25.8 Å². The minimum absolute atomic E-state index is 0.0229. The Labute approximate surface area is 132 Å². The van der Waals surface area contributed by atoms with Gasteiger partial charge in [0.25, 0.3) is 0 Å². The van der Waals surface area contributed by atoms with E-state index < -0.39 is 29.7 Å². The molecule has 1 aromatic carbocycles. The second-order valence-corrected chi connectivity index (χ2v) is 5.26. The number of nitrogens with one attached hydrogen (secondary N) is 2. The summed E-state index contributed by atoms with van der Waals surface area (Å²) in [4.78, 5) is 37.8. The molecule has 122 valence electrons. The molecule has 0 saturated carbocycles. The Morgan fingerprint density at radius 1 is 1.17 bits per heavy atom. The van der Waals surface area contributed by atoms with Crippen LogP contribution in [-0.2, 0) is 14.4 Å². The standard InChI is InChI=1S/C16H18N2O5/c1-2-5-11(19)13(15(20)21)14(16(22)23)18-12-8-9-6-3-4-7-10(9)17-12/h3-4,6-8,13-14,17-18H,2,5H2,1H3,(H,20,21)(H,22,23). The molecule has 1 heterocycles. The molecule has 2 unspecified atom stereocenters. The van der Waals surface area contributed by atoms with Crippen LogP contribution in [0.3, 0.4) is 0 Å². The summed E-state index contributed by atoms with van der Waals surface area (Å²) in [6, 6.07) is 7.44. The Morgan fingerprint density at radius 3 is 2.43 bits per heavy atom. The molecule has 4 N–H and O–H groups in total. The van der Waals surface area contributed by atoms with Crippen LogP contribution in [0.15, 0.2) is 30.3 Å². The third kappa shape index (κ3) is 3.68. The summed E-state index contributed by atoms with van der Waals surface area (Å²) in [5.41, 5.74) is 0.783. The summed E-state index contributed by atoms with van der Waals surface area (Å²) in [5.74, 6) is -4.72. The average molecular weight is 318 g/mol. The SMILES string of the molecule is CCCC(=O)C(C(=O)O)C(Nc1cc2ccccc2[nH]1)C(=O)O. The average Bonchev–Trinajstić information content (AvgIpc) is 2.88. The van der Waals surface area contributed by atoms with Crippen molar-refractivity contribution in [2.75, 3.05) is 5.32 Å². The predicted octanol–water partition coefficient (Wildman–Crippen LogP) is 2.10. The number of benzene rings is 1. The van der Waals surface area contributed by atoms with Crippen molar-refractivity contribution in [1.29, 1.82) is 0 Å². The summed E-state index contributed by atoms with van der Waals surface area (Å²) in [6.45, 7) is 1.73. The van der Waals surface area contributed by atoms with Crippen LogP contribution in [0.5, 0.6) is 0 Å². The van der Waals surface area contributed by atoms with Crippen molar-refractivity contribution >= 4 is 34.4 Å². The lowest BCUT2D eigenvalue weighted by Crippen LogP contribution is -2.45. The van der Waals surface area contributed by atoms with E-state index in [4.69, 9.17) is 0 Å². The highest BCUT2D eigenvalue weighted by molar-refractivity contribution is 6.03. The van der Waals surface area contributed by atoms with Gasteiger partial charge < -0.3 is 20.5 Å². The van der Waals surface area contributed by atoms with Crippen molar-refractivity contribution in [3.8, 4) is 0 Å². The van der Waals surface area contributed by atoms with Crippen LogP contribution in [0.4, 0.5) is 5.82 Å². The summed E-state index contributed by atoms with van der Waals surface area (Å²) >= 11 is 0. The monoisotopic (exact) mass is 318 g/mol. The second-order valence-electron chi connectivity index (χ2n) is 5.26. The van der Waals surface area contributed by atoms with Gasteiger partial charge in [0, 0.05) is 17.3 Å². The van der Waals surface area contributed by atoms with Crippen molar-refractivity contribution in [2.24, 2.45) is 5.92 Å². The number of carboxylic acid groups (broad SMARTS) is 2. The fourth-order valence-corrected chi connectivity index (χ4v) is 2.47. The van der Waals surface area contributed by atoms with E-state index in [-0.39, 0.29) is 6.42 Å². The number of H-pyrrole nitrogens is 1. The molecule has 0 radical (unpaired) electrons. The maximum Gasteiger partial charge on any atom is 0.327 e. The fourth-order valence-electron chi connectivity index (χ4n) is 2.47. The first kappa shape index (κ1) is 16.5. The number of aromatic nitrogens is 1. The van der Waals surface area contributed by atoms with Gasteiger partial charge in [-0.05, 0) is 18.6 Å². The summed E-state index contributed by atoms with van der Waals surface area (Å²) in [7, 11) is 0. The molecule has 0 spiro atoms. The van der Waals surface area contributed by atoms with Gasteiger partial charge in [0.1, 0.15) is 23.6 Å². The van der Waals surface area contributed by atoms with Gasteiger partial charge in [-0.2, -0.15) is 0 Å². The van der Waals surface area contributed by atoms with Crippen LogP contribution in [0.25, 0.3) is 10.9 Å². The third-order valence-electron chi connectivity index (χ3n) is 3.55. The highest BCUT2D eigenvalue weighted by Crippen LogP contribution is 2.21. The normalized spacial score (nSPS) is 13.4. The van der Waals surface area contributed by atoms with Crippen molar-refractivity contribution in [3.63, 3.8) is 0 Å². The van der Waals surface area contributed by atoms with E-state index in [1.807, 2.05) is 24.3 Å².